The van der Waals surface area contributed by atoms with Gasteiger partial charge in [-0.3, -0.25) is 10.00 Å². The number of alkyl halides is 3. The first kappa shape index (κ1) is 26.9. The van der Waals surface area contributed by atoms with Crippen molar-refractivity contribution in [1.29, 1.82) is 0 Å². The van der Waals surface area contributed by atoms with Gasteiger partial charge in [0.1, 0.15) is 17.7 Å². The highest BCUT2D eigenvalue weighted by molar-refractivity contribution is 6.42. The van der Waals surface area contributed by atoms with Crippen LogP contribution < -0.4 is 5.32 Å². The van der Waals surface area contributed by atoms with Gasteiger partial charge in [-0.05, 0) is 36.8 Å². The van der Waals surface area contributed by atoms with Crippen LogP contribution in [-0.2, 0) is 24.4 Å². The number of ether oxygens (including phenoxy) is 1. The Bertz CT molecular complexity index is 1250. The van der Waals surface area contributed by atoms with E-state index in [1.807, 2.05) is 0 Å². The molecule has 0 bridgehead atoms. The second-order valence-electron chi connectivity index (χ2n) is 7.80. The number of nitrogens with one attached hydrogen (secondary N) is 1. The number of carboxylic acids is 1. The van der Waals surface area contributed by atoms with Crippen molar-refractivity contribution < 1.29 is 32.2 Å². The molecule has 0 saturated carbocycles. The van der Waals surface area contributed by atoms with Crippen LogP contribution in [0.4, 0.5) is 17.6 Å². The van der Waals surface area contributed by atoms with Crippen LogP contribution in [0.2, 0.25) is 10.0 Å². The summed E-state index contributed by atoms with van der Waals surface area (Å²) in [7, 11) is 2.38. The van der Waals surface area contributed by atoms with E-state index in [4.69, 9.17) is 33.0 Å². The van der Waals surface area contributed by atoms with Crippen LogP contribution in [0.15, 0.2) is 36.4 Å². The van der Waals surface area contributed by atoms with E-state index in [-0.39, 0.29) is 33.8 Å². The fourth-order valence-corrected chi connectivity index (χ4v) is 4.10. The van der Waals surface area contributed by atoms with Gasteiger partial charge in [-0.1, -0.05) is 35.3 Å². The lowest BCUT2D eigenvalue weighted by atomic mass is 10.0. The molecule has 188 valence electrons. The largest absolute Gasteiger partial charge is 0.478 e. The number of hydrogen-bond donors (Lipinski definition) is 2. The van der Waals surface area contributed by atoms with Crippen LogP contribution in [0, 0.1) is 5.82 Å². The number of aromatic carboxylic acids is 1. The molecule has 6 nitrogen and oxygen atoms in total. The number of methoxy groups -OCH3 is 1. The number of hydrogen-bond acceptors (Lipinski definition) is 4. The Kier molecular flexibility index (Phi) is 8.10. The molecule has 0 saturated heterocycles. The molecule has 0 radical (unpaired) electrons. The van der Waals surface area contributed by atoms with Gasteiger partial charge in [0.2, 0.25) is 0 Å². The minimum atomic E-state index is -4.76. The Morgan fingerprint density at radius 3 is 2.43 bits per heavy atom. The average Bonchev–Trinajstić information content (AvgIpc) is 3.10. The molecular formula is C23H21Cl2F4N3O3. The lowest BCUT2D eigenvalue weighted by Gasteiger charge is -2.25. The summed E-state index contributed by atoms with van der Waals surface area (Å²) in [6.07, 6.45) is -6.09. The summed E-state index contributed by atoms with van der Waals surface area (Å²) in [6, 6.07) is 7.16. The Morgan fingerprint density at radius 1 is 1.20 bits per heavy atom. The van der Waals surface area contributed by atoms with Crippen molar-refractivity contribution in [2.24, 2.45) is 7.05 Å². The van der Waals surface area contributed by atoms with Gasteiger partial charge in [-0.2, -0.15) is 18.3 Å². The van der Waals surface area contributed by atoms with Crippen molar-refractivity contribution in [3.63, 3.8) is 0 Å². The Balaban J connectivity index is 2.02. The fraction of sp³-hybridized carbons (Fsp3) is 0.304. The van der Waals surface area contributed by atoms with E-state index < -0.39 is 35.9 Å². The smallest absolute Gasteiger partial charge is 0.433 e. The summed E-state index contributed by atoms with van der Waals surface area (Å²) in [4.78, 5) is 11.1. The van der Waals surface area contributed by atoms with Crippen LogP contribution in [0.25, 0.3) is 0 Å². The van der Waals surface area contributed by atoms with E-state index in [0.29, 0.717) is 10.6 Å². The lowest BCUT2D eigenvalue weighted by molar-refractivity contribution is -0.145. The molecule has 0 aliphatic rings. The van der Waals surface area contributed by atoms with Gasteiger partial charge in [0.25, 0.3) is 0 Å². The molecule has 0 aliphatic carbocycles. The van der Waals surface area contributed by atoms with Gasteiger partial charge in [0.15, 0.2) is 0 Å². The zero-order valence-corrected chi connectivity index (χ0v) is 20.3. The molecule has 0 amide bonds. The van der Waals surface area contributed by atoms with Gasteiger partial charge in [-0.15, -0.1) is 0 Å². The highest BCUT2D eigenvalue weighted by atomic mass is 35.5. The predicted octanol–water partition coefficient (Wildman–Crippen LogP) is 6.17. The number of carboxylic acid groups (broad SMARTS) is 1. The Labute approximate surface area is 208 Å². The highest BCUT2D eigenvalue weighted by Gasteiger charge is 2.42. The van der Waals surface area contributed by atoms with Crippen molar-refractivity contribution >= 4 is 29.2 Å². The van der Waals surface area contributed by atoms with Crippen LogP contribution in [-0.4, -0.2) is 28.0 Å². The van der Waals surface area contributed by atoms with Crippen LogP contribution in [0.1, 0.15) is 57.6 Å². The number of nitrogens with zero attached hydrogens (tertiary/aromatic N) is 2. The van der Waals surface area contributed by atoms with E-state index in [1.54, 1.807) is 6.07 Å². The minimum Gasteiger partial charge on any atom is -0.478 e. The summed E-state index contributed by atoms with van der Waals surface area (Å²) in [6.45, 7) is 1.52. The first-order valence-corrected chi connectivity index (χ1v) is 11.0. The first-order valence-electron chi connectivity index (χ1n) is 10.2. The molecule has 0 fully saturated rings. The van der Waals surface area contributed by atoms with Crippen molar-refractivity contribution in [2.75, 3.05) is 7.11 Å². The van der Waals surface area contributed by atoms with Crippen molar-refractivity contribution in [3.05, 3.63) is 85.9 Å². The quantitative estimate of drug-likeness (QED) is 0.267. The second-order valence-corrected chi connectivity index (χ2v) is 8.62. The molecule has 12 heteroatoms. The topological polar surface area (TPSA) is 76.4 Å². The molecule has 2 N–H and O–H groups in total. The SMILES string of the molecule is COC(NC(C)c1ccc(C(=O)O)cc1F)c1c(Cc2ccc(Cl)c(Cl)c2)nn(C)c1C(F)(F)F. The summed E-state index contributed by atoms with van der Waals surface area (Å²) < 4.78 is 62.7. The molecule has 1 aromatic heterocycles. The molecule has 0 aliphatic heterocycles. The molecule has 1 heterocycles. The molecule has 3 aromatic rings. The summed E-state index contributed by atoms with van der Waals surface area (Å²) in [5, 5.41) is 16.5. The number of rotatable bonds is 8. The maximum absolute atomic E-state index is 14.6. The number of carbonyl (C=O) groups is 1. The van der Waals surface area contributed by atoms with Gasteiger partial charge < -0.3 is 9.84 Å². The normalized spacial score (nSPS) is 13.6. The number of benzene rings is 2. The van der Waals surface area contributed by atoms with Crippen LogP contribution in [0.5, 0.6) is 0 Å². The summed E-state index contributed by atoms with van der Waals surface area (Å²) >= 11 is 12.0. The van der Waals surface area contributed by atoms with E-state index in [1.165, 1.54) is 45.3 Å². The van der Waals surface area contributed by atoms with E-state index >= 15 is 0 Å². The average molecular weight is 534 g/mol. The predicted molar refractivity (Wildman–Crippen MR) is 122 cm³/mol. The maximum Gasteiger partial charge on any atom is 0.433 e. The third kappa shape index (κ3) is 5.95. The highest BCUT2D eigenvalue weighted by Crippen LogP contribution is 2.38. The number of halogens is 6. The molecule has 3 rings (SSSR count). The van der Waals surface area contributed by atoms with Crippen molar-refractivity contribution in [3.8, 4) is 0 Å². The Morgan fingerprint density at radius 2 is 1.89 bits per heavy atom. The zero-order chi connectivity index (χ0) is 26.1. The molecule has 2 unspecified atom stereocenters. The van der Waals surface area contributed by atoms with Gasteiger partial charge >= 0.3 is 12.1 Å². The maximum atomic E-state index is 14.6. The van der Waals surface area contributed by atoms with E-state index in [2.05, 4.69) is 10.4 Å². The molecular weight excluding hydrogens is 513 g/mol. The summed E-state index contributed by atoms with van der Waals surface area (Å²) in [5.41, 5.74) is -0.835. The molecule has 2 aromatic carbocycles. The summed E-state index contributed by atoms with van der Waals surface area (Å²) in [5.74, 6) is -2.12. The Hall–Kier alpha value is -2.66. The van der Waals surface area contributed by atoms with Crippen molar-refractivity contribution in [2.45, 2.75) is 31.8 Å². The van der Waals surface area contributed by atoms with Gasteiger partial charge in [-0.25, -0.2) is 9.18 Å². The van der Waals surface area contributed by atoms with E-state index in [9.17, 15) is 22.4 Å². The van der Waals surface area contributed by atoms with Crippen LogP contribution >= 0.6 is 23.2 Å². The lowest BCUT2D eigenvalue weighted by Crippen LogP contribution is -2.29. The molecule has 2 atom stereocenters. The van der Waals surface area contributed by atoms with Crippen molar-refractivity contribution in [1.82, 2.24) is 15.1 Å². The van der Waals surface area contributed by atoms with Gasteiger partial charge in [0, 0.05) is 37.7 Å². The third-order valence-electron chi connectivity index (χ3n) is 5.40. The first-order chi connectivity index (χ1) is 16.3. The fourth-order valence-electron chi connectivity index (χ4n) is 3.78. The van der Waals surface area contributed by atoms with Crippen LogP contribution in [0.3, 0.4) is 0 Å². The van der Waals surface area contributed by atoms with Gasteiger partial charge in [0.05, 0.1) is 21.3 Å². The van der Waals surface area contributed by atoms with E-state index in [0.717, 1.165) is 10.7 Å². The standard InChI is InChI=1S/C23H21Cl2F4N3O3/c1-11(14-6-5-13(22(33)34)10-17(14)26)30-21(35-3)19-18(31-32(2)20(19)23(27,28)29)9-12-4-7-15(24)16(25)8-12/h4-8,10-11,21,30H,9H2,1-3H3,(H,33,34). The minimum absolute atomic E-state index is 0.00622. The zero-order valence-electron chi connectivity index (χ0n) is 18.8. The number of aromatic nitrogens is 2. The third-order valence-corrected chi connectivity index (χ3v) is 6.14. The molecule has 0 spiro atoms. The second kappa shape index (κ2) is 10.5. The number of aryl methyl sites for hydroxylation is 1. The monoisotopic (exact) mass is 533 g/mol. The molecule has 35 heavy (non-hydrogen) atoms.